The van der Waals surface area contributed by atoms with E-state index in [9.17, 15) is 0 Å². The summed E-state index contributed by atoms with van der Waals surface area (Å²) in [6.45, 7) is 3.58. The number of benzene rings is 1. The molecular weight excluding hydrogens is 160 g/mol. The van der Waals surface area contributed by atoms with Crippen LogP contribution in [0, 0.1) is 0 Å². The molecule has 0 bridgehead atoms. The summed E-state index contributed by atoms with van der Waals surface area (Å²) in [6, 6.07) is 8.54. The molecule has 13 heavy (non-hydrogen) atoms. The maximum absolute atomic E-state index is 5.41. The third-order valence-electron chi connectivity index (χ3n) is 2.39. The van der Waals surface area contributed by atoms with Gasteiger partial charge in [-0.2, -0.15) is 0 Å². The maximum atomic E-state index is 5.41. The highest BCUT2D eigenvalue weighted by atomic mass is 16.5. The summed E-state index contributed by atoms with van der Waals surface area (Å²) in [4.78, 5) is 0. The van der Waals surface area contributed by atoms with E-state index in [2.05, 4.69) is 30.3 Å². The lowest BCUT2D eigenvalue weighted by Gasteiger charge is -2.04. The Morgan fingerprint density at radius 3 is 3.00 bits per heavy atom. The molecule has 1 aromatic rings. The molecule has 0 N–H and O–H groups in total. The smallest absolute Gasteiger partial charge is 0.0719 e. The van der Waals surface area contributed by atoms with E-state index in [1.54, 1.807) is 0 Å². The molecule has 2 rings (SSSR count). The van der Waals surface area contributed by atoms with E-state index >= 15 is 0 Å². The molecule has 0 fully saturated rings. The van der Waals surface area contributed by atoms with Crippen LogP contribution in [0.25, 0.3) is 5.57 Å². The number of fused-ring (bicyclic) bond motifs is 1. The lowest BCUT2D eigenvalue weighted by molar-refractivity contribution is 0.182. The third kappa shape index (κ3) is 1.65. The molecule has 0 radical (unpaired) electrons. The predicted octanol–water partition coefficient (Wildman–Crippen LogP) is 2.66. The molecule has 0 atom stereocenters. The minimum absolute atomic E-state index is 0.757. The summed E-state index contributed by atoms with van der Waals surface area (Å²) < 4.78 is 5.41. The van der Waals surface area contributed by atoms with Gasteiger partial charge < -0.3 is 4.74 Å². The SMILES string of the molecule is CCOCC1=CCc2ccccc21. The number of ether oxygens (including phenoxy) is 1. The quantitative estimate of drug-likeness (QED) is 0.684. The highest BCUT2D eigenvalue weighted by Gasteiger charge is 2.12. The van der Waals surface area contributed by atoms with E-state index < -0.39 is 0 Å². The third-order valence-corrected chi connectivity index (χ3v) is 2.39. The first kappa shape index (κ1) is 8.52. The summed E-state index contributed by atoms with van der Waals surface area (Å²) in [5.41, 5.74) is 4.14. The first-order chi connectivity index (χ1) is 6.42. The number of hydrogen-bond acceptors (Lipinski definition) is 1. The summed E-state index contributed by atoms with van der Waals surface area (Å²) in [5, 5.41) is 0. The molecule has 1 nitrogen and oxygen atoms in total. The molecule has 0 amide bonds. The summed E-state index contributed by atoms with van der Waals surface area (Å²) in [7, 11) is 0. The lowest BCUT2D eigenvalue weighted by Crippen LogP contribution is -1.95. The van der Waals surface area contributed by atoms with Crippen molar-refractivity contribution in [3.63, 3.8) is 0 Å². The minimum atomic E-state index is 0.757. The molecule has 0 unspecified atom stereocenters. The van der Waals surface area contributed by atoms with Crippen molar-refractivity contribution in [3.8, 4) is 0 Å². The summed E-state index contributed by atoms with van der Waals surface area (Å²) in [6.07, 6.45) is 3.33. The number of allylic oxidation sites excluding steroid dienone is 1. The molecule has 68 valence electrons. The Hall–Kier alpha value is -1.08. The van der Waals surface area contributed by atoms with E-state index in [4.69, 9.17) is 4.74 Å². The second kappa shape index (κ2) is 3.75. The van der Waals surface area contributed by atoms with Crippen LogP contribution in [0.5, 0.6) is 0 Å². The van der Waals surface area contributed by atoms with Gasteiger partial charge in [0.2, 0.25) is 0 Å². The van der Waals surface area contributed by atoms with Gasteiger partial charge >= 0.3 is 0 Å². The van der Waals surface area contributed by atoms with Crippen molar-refractivity contribution in [2.75, 3.05) is 13.2 Å². The van der Waals surface area contributed by atoms with E-state index in [-0.39, 0.29) is 0 Å². The number of rotatable bonds is 3. The van der Waals surface area contributed by atoms with Crippen molar-refractivity contribution >= 4 is 5.57 Å². The molecule has 1 aliphatic carbocycles. The first-order valence-electron chi connectivity index (χ1n) is 4.77. The maximum Gasteiger partial charge on any atom is 0.0719 e. The van der Waals surface area contributed by atoms with Crippen molar-refractivity contribution in [2.45, 2.75) is 13.3 Å². The van der Waals surface area contributed by atoms with Gasteiger partial charge in [0.25, 0.3) is 0 Å². The Bertz CT molecular complexity index is 326. The monoisotopic (exact) mass is 174 g/mol. The Balaban J connectivity index is 2.16. The van der Waals surface area contributed by atoms with Gasteiger partial charge in [-0.15, -0.1) is 0 Å². The lowest BCUT2D eigenvalue weighted by atomic mass is 10.1. The highest BCUT2D eigenvalue weighted by molar-refractivity contribution is 5.73. The molecule has 1 aromatic carbocycles. The summed E-state index contributed by atoms with van der Waals surface area (Å²) in [5.74, 6) is 0. The van der Waals surface area contributed by atoms with E-state index in [1.807, 2.05) is 6.92 Å². The van der Waals surface area contributed by atoms with Gasteiger partial charge in [0.15, 0.2) is 0 Å². The molecule has 0 spiro atoms. The van der Waals surface area contributed by atoms with Gasteiger partial charge in [-0.25, -0.2) is 0 Å². The predicted molar refractivity (Wildman–Crippen MR) is 54.6 cm³/mol. The fourth-order valence-corrected chi connectivity index (χ4v) is 1.70. The van der Waals surface area contributed by atoms with Crippen LogP contribution in [0.15, 0.2) is 30.3 Å². The highest BCUT2D eigenvalue weighted by Crippen LogP contribution is 2.26. The number of hydrogen-bond donors (Lipinski definition) is 0. The van der Waals surface area contributed by atoms with Crippen LogP contribution < -0.4 is 0 Å². The molecule has 0 heterocycles. The van der Waals surface area contributed by atoms with Crippen LogP contribution in [-0.4, -0.2) is 13.2 Å². The molecule has 0 saturated heterocycles. The van der Waals surface area contributed by atoms with E-state index in [1.165, 1.54) is 16.7 Å². The van der Waals surface area contributed by atoms with Crippen LogP contribution in [-0.2, 0) is 11.2 Å². The second-order valence-electron chi connectivity index (χ2n) is 3.23. The molecule has 1 heteroatoms. The Morgan fingerprint density at radius 1 is 1.31 bits per heavy atom. The van der Waals surface area contributed by atoms with Crippen LogP contribution in [0.4, 0.5) is 0 Å². The standard InChI is InChI=1S/C12H14O/c1-2-13-9-11-8-7-10-5-3-4-6-12(10)11/h3-6,8H,2,7,9H2,1H3. The van der Waals surface area contributed by atoms with Gasteiger partial charge in [0.05, 0.1) is 6.61 Å². The normalized spacial score (nSPS) is 14.1. The second-order valence-corrected chi connectivity index (χ2v) is 3.23. The molecular formula is C12H14O. The Morgan fingerprint density at radius 2 is 2.15 bits per heavy atom. The van der Waals surface area contributed by atoms with Crippen LogP contribution in [0.2, 0.25) is 0 Å². The molecule has 0 saturated carbocycles. The van der Waals surface area contributed by atoms with Crippen molar-refractivity contribution in [1.29, 1.82) is 0 Å². The van der Waals surface area contributed by atoms with E-state index in [0.717, 1.165) is 19.6 Å². The van der Waals surface area contributed by atoms with Gasteiger partial charge in [0.1, 0.15) is 0 Å². The zero-order valence-electron chi connectivity index (χ0n) is 7.92. The fraction of sp³-hybridized carbons (Fsp3) is 0.333. The first-order valence-corrected chi connectivity index (χ1v) is 4.77. The van der Waals surface area contributed by atoms with Crippen molar-refractivity contribution < 1.29 is 4.74 Å². The minimum Gasteiger partial charge on any atom is -0.377 e. The average molecular weight is 174 g/mol. The van der Waals surface area contributed by atoms with Crippen molar-refractivity contribution in [3.05, 3.63) is 41.5 Å². The van der Waals surface area contributed by atoms with E-state index in [0.29, 0.717) is 0 Å². The zero-order valence-corrected chi connectivity index (χ0v) is 7.92. The molecule has 0 aromatic heterocycles. The largest absolute Gasteiger partial charge is 0.377 e. The van der Waals surface area contributed by atoms with Gasteiger partial charge in [-0.1, -0.05) is 30.3 Å². The summed E-state index contributed by atoms with van der Waals surface area (Å²) >= 11 is 0. The Kier molecular flexibility index (Phi) is 2.46. The zero-order chi connectivity index (χ0) is 9.10. The van der Waals surface area contributed by atoms with Gasteiger partial charge in [0, 0.05) is 6.61 Å². The van der Waals surface area contributed by atoms with Crippen molar-refractivity contribution in [1.82, 2.24) is 0 Å². The van der Waals surface area contributed by atoms with Crippen LogP contribution in [0.1, 0.15) is 18.1 Å². The van der Waals surface area contributed by atoms with Crippen LogP contribution in [0.3, 0.4) is 0 Å². The Labute approximate surface area is 79.0 Å². The van der Waals surface area contributed by atoms with Crippen LogP contribution >= 0.6 is 0 Å². The molecule has 1 aliphatic rings. The topological polar surface area (TPSA) is 9.23 Å². The van der Waals surface area contributed by atoms with Gasteiger partial charge in [-0.3, -0.25) is 0 Å². The van der Waals surface area contributed by atoms with Crippen molar-refractivity contribution in [2.24, 2.45) is 0 Å². The van der Waals surface area contributed by atoms with Gasteiger partial charge in [-0.05, 0) is 30.0 Å². The fourth-order valence-electron chi connectivity index (χ4n) is 1.70. The average Bonchev–Trinajstić information content (AvgIpc) is 2.58. The molecule has 0 aliphatic heterocycles.